The first-order chi connectivity index (χ1) is 18.5. The molecule has 1 aromatic heterocycles. The average molecular weight is 563 g/mol. The number of benzene rings is 2. The van der Waals surface area contributed by atoms with E-state index in [9.17, 15) is 14.4 Å². The van der Waals surface area contributed by atoms with Crippen molar-refractivity contribution >= 4 is 41.5 Å². The maximum atomic E-state index is 14.3. The Bertz CT molecular complexity index is 1360. The van der Waals surface area contributed by atoms with Gasteiger partial charge >= 0.3 is 0 Å². The summed E-state index contributed by atoms with van der Waals surface area (Å²) in [6.07, 6.45) is 4.92. The molecule has 0 saturated heterocycles. The van der Waals surface area contributed by atoms with Crippen molar-refractivity contribution in [3.05, 3.63) is 89.7 Å². The molecule has 0 spiro atoms. The minimum atomic E-state index is -1.19. The summed E-state index contributed by atoms with van der Waals surface area (Å²) < 4.78 is 0. The van der Waals surface area contributed by atoms with Gasteiger partial charge in [-0.1, -0.05) is 49.4 Å². The van der Waals surface area contributed by atoms with Crippen LogP contribution in [0.2, 0.25) is 0 Å². The Labute approximate surface area is 243 Å². The van der Waals surface area contributed by atoms with E-state index >= 15 is 0 Å². The van der Waals surface area contributed by atoms with Crippen molar-refractivity contribution < 1.29 is 14.4 Å². The van der Waals surface area contributed by atoms with Crippen LogP contribution in [0.1, 0.15) is 63.8 Å². The molecular formula is C32H39ClN4O3. The maximum absolute atomic E-state index is 14.3. The van der Waals surface area contributed by atoms with Crippen LogP contribution in [-0.2, 0) is 26.2 Å². The number of amides is 3. The highest BCUT2D eigenvalue weighted by Gasteiger charge is 2.42. The van der Waals surface area contributed by atoms with E-state index in [-0.39, 0.29) is 36.2 Å². The molecule has 1 atom stereocenters. The predicted octanol–water partition coefficient (Wildman–Crippen LogP) is 5.94. The third kappa shape index (κ3) is 5.89. The largest absolute Gasteiger partial charge is 0.335 e. The molecule has 0 bridgehead atoms. The van der Waals surface area contributed by atoms with E-state index in [0.717, 1.165) is 16.7 Å². The fourth-order valence-corrected chi connectivity index (χ4v) is 5.21. The molecule has 3 amide bonds. The number of nitrogens with one attached hydrogen (secondary N) is 1. The molecule has 1 unspecified atom stereocenters. The molecular weight excluding hydrogens is 524 g/mol. The third-order valence-corrected chi connectivity index (χ3v) is 7.84. The number of aromatic nitrogens is 1. The number of hydrogen-bond donors (Lipinski definition) is 1. The van der Waals surface area contributed by atoms with Gasteiger partial charge in [0.05, 0.1) is 22.8 Å². The number of hydrogen-bond acceptors (Lipinski definition) is 4. The van der Waals surface area contributed by atoms with Crippen LogP contribution in [-0.4, -0.2) is 41.2 Å². The van der Waals surface area contributed by atoms with Crippen LogP contribution in [0.25, 0.3) is 0 Å². The second-order valence-corrected chi connectivity index (χ2v) is 11.2. The number of anilines is 2. The molecule has 2 aromatic carbocycles. The quantitative estimate of drug-likeness (QED) is 0.344. The summed E-state index contributed by atoms with van der Waals surface area (Å²) >= 11 is 0. The zero-order valence-electron chi connectivity index (χ0n) is 24.1. The molecule has 0 saturated carbocycles. The van der Waals surface area contributed by atoms with Gasteiger partial charge in [0.2, 0.25) is 17.7 Å². The lowest BCUT2D eigenvalue weighted by Gasteiger charge is -2.38. The number of carbonyl (C=O) groups excluding carboxylic acids is 3. The van der Waals surface area contributed by atoms with Crippen molar-refractivity contribution in [2.24, 2.45) is 5.41 Å². The predicted molar refractivity (Wildman–Crippen MR) is 162 cm³/mol. The lowest BCUT2D eigenvalue weighted by molar-refractivity contribution is -0.139. The van der Waals surface area contributed by atoms with Crippen molar-refractivity contribution in [3.63, 3.8) is 0 Å². The monoisotopic (exact) mass is 562 g/mol. The Morgan fingerprint density at radius 3 is 2.40 bits per heavy atom. The van der Waals surface area contributed by atoms with Gasteiger partial charge < -0.3 is 15.1 Å². The van der Waals surface area contributed by atoms with Crippen molar-refractivity contribution in [1.82, 2.24) is 9.88 Å². The van der Waals surface area contributed by atoms with Gasteiger partial charge in [0.25, 0.3) is 0 Å². The number of rotatable bonds is 8. The SMILES string of the molecule is CCC(c1ccc2c(c1)N(C)C(=O)C(C)(C)C(=O)N2)N(CCc1cccnc1)C(=O)C(C)(C)c1ccccc1.Cl. The highest BCUT2D eigenvalue weighted by Crippen LogP contribution is 2.39. The van der Waals surface area contributed by atoms with Crippen LogP contribution in [0.15, 0.2) is 73.1 Å². The Balaban J connectivity index is 0.00000441. The summed E-state index contributed by atoms with van der Waals surface area (Å²) in [5.41, 5.74) is 2.18. The maximum Gasteiger partial charge on any atom is 0.241 e. The number of nitrogens with zero attached hydrogens (tertiary/aromatic N) is 3. The lowest BCUT2D eigenvalue weighted by Crippen LogP contribution is -2.46. The van der Waals surface area contributed by atoms with Crippen LogP contribution in [0.5, 0.6) is 0 Å². The van der Waals surface area contributed by atoms with Gasteiger partial charge in [-0.3, -0.25) is 19.4 Å². The molecule has 1 N–H and O–H groups in total. The molecule has 0 fully saturated rings. The standard InChI is InChI=1S/C32H38N4O3.ClH/c1-7-26(23-15-16-25-27(20-23)35(6)29(38)32(4,5)28(37)34-25)36(19-17-22-12-11-18-33-21-22)30(39)31(2,3)24-13-9-8-10-14-24;/h8-16,18,20-21,26H,7,17,19H2,1-6H3,(H,34,37);1H. The number of carbonyl (C=O) groups is 3. The van der Waals surface area contributed by atoms with E-state index in [1.165, 1.54) is 0 Å². The van der Waals surface area contributed by atoms with Gasteiger partial charge in [-0.2, -0.15) is 0 Å². The number of fused-ring (bicyclic) bond motifs is 1. The Kier molecular flexibility index (Phi) is 9.41. The van der Waals surface area contributed by atoms with E-state index in [2.05, 4.69) is 17.2 Å². The molecule has 7 nitrogen and oxygen atoms in total. The smallest absolute Gasteiger partial charge is 0.241 e. The zero-order valence-corrected chi connectivity index (χ0v) is 24.9. The molecule has 0 aliphatic carbocycles. The van der Waals surface area contributed by atoms with Crippen molar-refractivity contribution in [3.8, 4) is 0 Å². The van der Waals surface area contributed by atoms with E-state index in [0.29, 0.717) is 30.8 Å². The molecule has 40 heavy (non-hydrogen) atoms. The first kappa shape index (κ1) is 30.8. The van der Waals surface area contributed by atoms with Gasteiger partial charge in [0.15, 0.2) is 0 Å². The Morgan fingerprint density at radius 2 is 1.77 bits per heavy atom. The second kappa shape index (κ2) is 12.2. The third-order valence-electron chi connectivity index (χ3n) is 7.84. The molecule has 3 aromatic rings. The molecule has 8 heteroatoms. The fourth-order valence-electron chi connectivity index (χ4n) is 5.21. The topological polar surface area (TPSA) is 82.6 Å². The van der Waals surface area contributed by atoms with Crippen LogP contribution in [0.3, 0.4) is 0 Å². The molecule has 1 aliphatic rings. The molecule has 2 heterocycles. The van der Waals surface area contributed by atoms with Gasteiger partial charge in [0.1, 0.15) is 5.41 Å². The first-order valence-electron chi connectivity index (χ1n) is 13.5. The average Bonchev–Trinajstić information content (AvgIpc) is 3.00. The summed E-state index contributed by atoms with van der Waals surface area (Å²) in [5, 5.41) is 2.91. The summed E-state index contributed by atoms with van der Waals surface area (Å²) in [6.45, 7) is 9.77. The van der Waals surface area contributed by atoms with Gasteiger partial charge in [0, 0.05) is 26.0 Å². The highest BCUT2D eigenvalue weighted by molar-refractivity contribution is 6.19. The summed E-state index contributed by atoms with van der Waals surface area (Å²) in [4.78, 5) is 48.0. The normalized spacial score (nSPS) is 15.3. The summed E-state index contributed by atoms with van der Waals surface area (Å²) in [7, 11) is 1.69. The molecule has 0 radical (unpaired) electrons. The minimum Gasteiger partial charge on any atom is -0.335 e. The minimum absolute atomic E-state index is 0. The molecule has 212 valence electrons. The number of halogens is 1. The Hall–Kier alpha value is -3.71. The highest BCUT2D eigenvalue weighted by atomic mass is 35.5. The zero-order chi connectivity index (χ0) is 28.4. The van der Waals surface area contributed by atoms with Crippen LogP contribution in [0, 0.1) is 5.41 Å². The van der Waals surface area contributed by atoms with E-state index < -0.39 is 10.8 Å². The van der Waals surface area contributed by atoms with Crippen molar-refractivity contribution in [2.75, 3.05) is 23.8 Å². The Morgan fingerprint density at radius 1 is 1.07 bits per heavy atom. The number of pyridine rings is 1. The molecule has 4 rings (SSSR count). The van der Waals surface area contributed by atoms with Gasteiger partial charge in [-0.15, -0.1) is 12.4 Å². The van der Waals surface area contributed by atoms with Crippen molar-refractivity contribution in [2.45, 2.75) is 58.9 Å². The molecule has 1 aliphatic heterocycles. The van der Waals surface area contributed by atoms with E-state index in [4.69, 9.17) is 0 Å². The van der Waals surface area contributed by atoms with Crippen LogP contribution >= 0.6 is 12.4 Å². The first-order valence-corrected chi connectivity index (χ1v) is 13.5. The van der Waals surface area contributed by atoms with E-state index in [1.807, 2.05) is 85.6 Å². The van der Waals surface area contributed by atoms with Gasteiger partial charge in [-0.05, 0) is 75.4 Å². The second-order valence-electron chi connectivity index (χ2n) is 11.2. The lowest BCUT2D eigenvalue weighted by atomic mass is 9.82. The summed E-state index contributed by atoms with van der Waals surface area (Å²) in [6, 6.07) is 19.2. The van der Waals surface area contributed by atoms with Crippen LogP contribution < -0.4 is 10.2 Å². The summed E-state index contributed by atoms with van der Waals surface area (Å²) in [5.74, 6) is -0.590. The van der Waals surface area contributed by atoms with E-state index in [1.54, 1.807) is 32.0 Å². The van der Waals surface area contributed by atoms with Crippen LogP contribution in [0.4, 0.5) is 11.4 Å². The fraction of sp³-hybridized carbons (Fsp3) is 0.375. The van der Waals surface area contributed by atoms with Gasteiger partial charge in [-0.25, -0.2) is 0 Å². The van der Waals surface area contributed by atoms with Crippen molar-refractivity contribution in [1.29, 1.82) is 0 Å².